The summed E-state index contributed by atoms with van der Waals surface area (Å²) in [5.74, 6) is 1.41. The second kappa shape index (κ2) is 8.53. The molecule has 0 radical (unpaired) electrons. The van der Waals surface area contributed by atoms with Crippen molar-refractivity contribution >= 4 is 11.6 Å². The Morgan fingerprint density at radius 2 is 1.67 bits per heavy atom. The molecule has 128 valence electrons. The molecular formula is C21H27NO2. The minimum absolute atomic E-state index is 0.0335. The lowest BCUT2D eigenvalue weighted by atomic mass is 10.0. The summed E-state index contributed by atoms with van der Waals surface area (Å²) in [5, 5.41) is 3.00. The van der Waals surface area contributed by atoms with E-state index >= 15 is 0 Å². The van der Waals surface area contributed by atoms with Gasteiger partial charge in [0.15, 0.2) is 0 Å². The summed E-state index contributed by atoms with van der Waals surface area (Å²) in [6.45, 7) is 8.90. The standard InChI is InChI=1S/C21H27NO2/c1-15(2)18-10-12-19(13-11-18)24-14-6-9-20(23)22-21-16(3)7-5-8-17(21)4/h5,7-8,10-13,15H,6,9,14H2,1-4H3,(H,22,23). The van der Waals surface area contributed by atoms with Crippen molar-refractivity contribution in [1.29, 1.82) is 0 Å². The summed E-state index contributed by atoms with van der Waals surface area (Å²) in [5.41, 5.74) is 4.40. The van der Waals surface area contributed by atoms with E-state index in [0.717, 1.165) is 22.6 Å². The van der Waals surface area contributed by atoms with Crippen LogP contribution in [0.15, 0.2) is 42.5 Å². The van der Waals surface area contributed by atoms with Gasteiger partial charge < -0.3 is 10.1 Å². The molecule has 1 N–H and O–H groups in total. The quantitative estimate of drug-likeness (QED) is 0.708. The van der Waals surface area contributed by atoms with Gasteiger partial charge in [0.25, 0.3) is 0 Å². The van der Waals surface area contributed by atoms with Crippen LogP contribution >= 0.6 is 0 Å². The zero-order valence-corrected chi connectivity index (χ0v) is 15.1. The molecule has 0 unspecified atom stereocenters. The first-order valence-corrected chi connectivity index (χ1v) is 8.56. The molecule has 0 aliphatic carbocycles. The van der Waals surface area contributed by atoms with Gasteiger partial charge in [-0.2, -0.15) is 0 Å². The van der Waals surface area contributed by atoms with Crippen LogP contribution in [0.1, 0.15) is 49.3 Å². The lowest BCUT2D eigenvalue weighted by molar-refractivity contribution is -0.116. The summed E-state index contributed by atoms with van der Waals surface area (Å²) in [6, 6.07) is 14.2. The Bertz CT molecular complexity index is 654. The molecule has 0 aliphatic heterocycles. The van der Waals surface area contributed by atoms with Gasteiger partial charge in [0.05, 0.1) is 6.61 Å². The molecule has 24 heavy (non-hydrogen) atoms. The number of hydrogen-bond donors (Lipinski definition) is 1. The normalized spacial score (nSPS) is 10.7. The minimum Gasteiger partial charge on any atom is -0.494 e. The van der Waals surface area contributed by atoms with Crippen molar-refractivity contribution < 1.29 is 9.53 Å². The monoisotopic (exact) mass is 325 g/mol. The molecule has 0 fully saturated rings. The summed E-state index contributed by atoms with van der Waals surface area (Å²) in [7, 11) is 0. The highest BCUT2D eigenvalue weighted by atomic mass is 16.5. The molecule has 0 bridgehead atoms. The van der Waals surface area contributed by atoms with Crippen molar-refractivity contribution in [3.05, 3.63) is 59.2 Å². The van der Waals surface area contributed by atoms with E-state index in [1.165, 1.54) is 5.56 Å². The van der Waals surface area contributed by atoms with Crippen molar-refractivity contribution in [2.24, 2.45) is 0 Å². The van der Waals surface area contributed by atoms with Crippen LogP contribution in [0.25, 0.3) is 0 Å². The summed E-state index contributed by atoms with van der Waals surface area (Å²) in [6.07, 6.45) is 1.15. The van der Waals surface area contributed by atoms with Crippen LogP contribution in [0.5, 0.6) is 5.75 Å². The zero-order valence-electron chi connectivity index (χ0n) is 15.1. The van der Waals surface area contributed by atoms with E-state index in [1.807, 2.05) is 44.2 Å². The van der Waals surface area contributed by atoms with E-state index in [2.05, 4.69) is 31.3 Å². The number of nitrogens with one attached hydrogen (secondary N) is 1. The van der Waals surface area contributed by atoms with Crippen molar-refractivity contribution in [3.63, 3.8) is 0 Å². The minimum atomic E-state index is 0.0335. The first-order valence-electron chi connectivity index (χ1n) is 8.56. The van der Waals surface area contributed by atoms with E-state index in [-0.39, 0.29) is 5.91 Å². The highest BCUT2D eigenvalue weighted by Gasteiger charge is 2.07. The molecule has 0 saturated heterocycles. The molecule has 3 heteroatoms. The first kappa shape index (κ1) is 18.1. The molecule has 0 aliphatic rings. The average molecular weight is 325 g/mol. The maximum absolute atomic E-state index is 12.1. The third-order valence-corrected chi connectivity index (χ3v) is 4.11. The topological polar surface area (TPSA) is 38.3 Å². The zero-order chi connectivity index (χ0) is 17.5. The fraction of sp³-hybridized carbons (Fsp3) is 0.381. The Morgan fingerprint density at radius 1 is 1.04 bits per heavy atom. The van der Waals surface area contributed by atoms with Crippen LogP contribution in [0, 0.1) is 13.8 Å². The van der Waals surface area contributed by atoms with Gasteiger partial charge in [-0.15, -0.1) is 0 Å². The van der Waals surface area contributed by atoms with Gasteiger partial charge in [-0.1, -0.05) is 44.2 Å². The van der Waals surface area contributed by atoms with Crippen LogP contribution < -0.4 is 10.1 Å². The summed E-state index contributed by atoms with van der Waals surface area (Å²) in [4.78, 5) is 12.1. The average Bonchev–Trinajstić information content (AvgIpc) is 2.55. The highest BCUT2D eigenvalue weighted by Crippen LogP contribution is 2.20. The lowest BCUT2D eigenvalue weighted by Crippen LogP contribution is -2.14. The number of ether oxygens (including phenoxy) is 1. The van der Waals surface area contributed by atoms with Crippen LogP contribution in [-0.2, 0) is 4.79 Å². The van der Waals surface area contributed by atoms with Gasteiger partial charge in [-0.3, -0.25) is 4.79 Å². The largest absolute Gasteiger partial charge is 0.494 e. The SMILES string of the molecule is Cc1cccc(C)c1NC(=O)CCCOc1ccc(C(C)C)cc1. The number of aryl methyl sites for hydroxylation is 2. The Balaban J connectivity index is 1.75. The van der Waals surface area contributed by atoms with Gasteiger partial charge in [0, 0.05) is 12.1 Å². The molecule has 2 aromatic carbocycles. The van der Waals surface area contributed by atoms with Crippen LogP contribution in [0.4, 0.5) is 5.69 Å². The van der Waals surface area contributed by atoms with Crippen molar-refractivity contribution in [2.45, 2.75) is 46.5 Å². The molecule has 2 rings (SSSR count). The van der Waals surface area contributed by atoms with E-state index in [0.29, 0.717) is 25.4 Å². The maximum atomic E-state index is 12.1. The van der Waals surface area contributed by atoms with Gasteiger partial charge in [0.2, 0.25) is 5.91 Å². The number of carbonyl (C=O) groups excluding carboxylic acids is 1. The Morgan fingerprint density at radius 3 is 2.25 bits per heavy atom. The maximum Gasteiger partial charge on any atom is 0.224 e. The van der Waals surface area contributed by atoms with E-state index in [1.54, 1.807) is 0 Å². The Hall–Kier alpha value is -2.29. The molecule has 0 heterocycles. The Kier molecular flexibility index (Phi) is 6.42. The van der Waals surface area contributed by atoms with Crippen LogP contribution in [0.2, 0.25) is 0 Å². The fourth-order valence-electron chi connectivity index (χ4n) is 2.59. The predicted octanol–water partition coefficient (Wildman–Crippen LogP) is 5.22. The molecule has 3 nitrogen and oxygen atoms in total. The number of carbonyl (C=O) groups is 1. The predicted molar refractivity (Wildman–Crippen MR) is 99.8 cm³/mol. The third-order valence-electron chi connectivity index (χ3n) is 4.11. The summed E-state index contributed by atoms with van der Waals surface area (Å²) < 4.78 is 5.71. The van der Waals surface area contributed by atoms with E-state index < -0.39 is 0 Å². The Labute approximate surface area is 145 Å². The number of rotatable bonds is 7. The van der Waals surface area contributed by atoms with Gasteiger partial charge in [-0.25, -0.2) is 0 Å². The van der Waals surface area contributed by atoms with Crippen molar-refractivity contribution in [1.82, 2.24) is 0 Å². The van der Waals surface area contributed by atoms with E-state index in [4.69, 9.17) is 4.74 Å². The van der Waals surface area contributed by atoms with Crippen LogP contribution in [-0.4, -0.2) is 12.5 Å². The number of benzene rings is 2. The fourth-order valence-corrected chi connectivity index (χ4v) is 2.59. The molecule has 2 aromatic rings. The van der Waals surface area contributed by atoms with Gasteiger partial charge in [-0.05, 0) is 55.0 Å². The van der Waals surface area contributed by atoms with Crippen LogP contribution in [0.3, 0.4) is 0 Å². The number of anilines is 1. The molecule has 0 aromatic heterocycles. The summed E-state index contributed by atoms with van der Waals surface area (Å²) >= 11 is 0. The molecule has 1 amide bonds. The van der Waals surface area contributed by atoms with Gasteiger partial charge >= 0.3 is 0 Å². The third kappa shape index (κ3) is 5.12. The van der Waals surface area contributed by atoms with Crippen molar-refractivity contribution in [3.8, 4) is 5.75 Å². The first-order chi connectivity index (χ1) is 11.5. The molecule has 0 spiro atoms. The number of amides is 1. The smallest absolute Gasteiger partial charge is 0.224 e. The lowest BCUT2D eigenvalue weighted by Gasteiger charge is -2.12. The van der Waals surface area contributed by atoms with E-state index in [9.17, 15) is 4.79 Å². The number of para-hydroxylation sites is 1. The second-order valence-electron chi connectivity index (χ2n) is 6.49. The molecular weight excluding hydrogens is 298 g/mol. The highest BCUT2D eigenvalue weighted by molar-refractivity contribution is 5.92. The molecule has 0 saturated carbocycles. The van der Waals surface area contributed by atoms with Crippen molar-refractivity contribution in [2.75, 3.05) is 11.9 Å². The molecule has 0 atom stereocenters. The van der Waals surface area contributed by atoms with Gasteiger partial charge in [0.1, 0.15) is 5.75 Å². The second-order valence-corrected chi connectivity index (χ2v) is 6.49. The number of hydrogen-bond acceptors (Lipinski definition) is 2.